The van der Waals surface area contributed by atoms with Crippen molar-refractivity contribution in [3.63, 3.8) is 0 Å². The summed E-state index contributed by atoms with van der Waals surface area (Å²) < 4.78 is 0. The van der Waals surface area contributed by atoms with Crippen LogP contribution in [0.4, 0.5) is 0 Å². The van der Waals surface area contributed by atoms with Crippen LogP contribution < -0.4 is 10.6 Å². The molecule has 1 heterocycles. The van der Waals surface area contributed by atoms with Crippen LogP contribution in [0.1, 0.15) is 18.1 Å². The van der Waals surface area contributed by atoms with Crippen LogP contribution in [0.15, 0.2) is 42.0 Å². The van der Waals surface area contributed by atoms with E-state index in [9.17, 15) is 0 Å². The molecule has 0 radical (unpaired) electrons. The van der Waals surface area contributed by atoms with Crippen molar-refractivity contribution in [3.05, 3.63) is 48.2 Å². The Labute approximate surface area is 126 Å². The summed E-state index contributed by atoms with van der Waals surface area (Å²) in [5.41, 5.74) is 3.98. The van der Waals surface area contributed by atoms with E-state index in [1.807, 2.05) is 6.08 Å². The third kappa shape index (κ3) is 3.66. The molecular formula is C17H24N4. The lowest BCUT2D eigenvalue weighted by Crippen LogP contribution is -2.38. The molecule has 3 N–H and O–H groups in total. The predicted molar refractivity (Wildman–Crippen MR) is 90.9 cm³/mol. The Bertz CT molecular complexity index is 625. The van der Waals surface area contributed by atoms with Gasteiger partial charge in [-0.05, 0) is 24.0 Å². The standard InChI is InChI=1S/C17H24N4/c1-4-10-19-17(18-3)20-11-9-14-12-21-16-13(5-2)7-6-8-15(14)16/h4,6-8,12,21H,1,5,9-11H2,2-3H3,(H2,18,19,20). The van der Waals surface area contributed by atoms with Crippen LogP contribution in [0.5, 0.6) is 0 Å². The van der Waals surface area contributed by atoms with Gasteiger partial charge in [0.15, 0.2) is 5.96 Å². The summed E-state index contributed by atoms with van der Waals surface area (Å²) in [6, 6.07) is 6.50. The highest BCUT2D eigenvalue weighted by Crippen LogP contribution is 2.22. The summed E-state index contributed by atoms with van der Waals surface area (Å²) in [6.45, 7) is 7.44. The van der Waals surface area contributed by atoms with E-state index in [2.05, 4.69) is 58.5 Å². The zero-order chi connectivity index (χ0) is 15.1. The first-order valence-electron chi connectivity index (χ1n) is 7.43. The normalized spacial score (nSPS) is 11.6. The second kappa shape index (κ2) is 7.53. The summed E-state index contributed by atoms with van der Waals surface area (Å²) in [7, 11) is 1.78. The fourth-order valence-electron chi connectivity index (χ4n) is 2.48. The average molecular weight is 284 g/mol. The highest BCUT2D eigenvalue weighted by molar-refractivity contribution is 5.86. The third-order valence-electron chi connectivity index (χ3n) is 3.59. The van der Waals surface area contributed by atoms with Crippen molar-refractivity contribution in [2.75, 3.05) is 20.1 Å². The molecule has 2 rings (SSSR count). The number of hydrogen-bond acceptors (Lipinski definition) is 1. The number of para-hydroxylation sites is 1. The van der Waals surface area contributed by atoms with E-state index in [4.69, 9.17) is 0 Å². The monoisotopic (exact) mass is 284 g/mol. The number of benzene rings is 1. The largest absolute Gasteiger partial charge is 0.361 e. The van der Waals surface area contributed by atoms with Crippen molar-refractivity contribution in [1.82, 2.24) is 15.6 Å². The second-order valence-corrected chi connectivity index (χ2v) is 4.93. The van der Waals surface area contributed by atoms with Gasteiger partial charge in [0.25, 0.3) is 0 Å². The summed E-state index contributed by atoms with van der Waals surface area (Å²) in [6.07, 6.45) is 5.94. The first kappa shape index (κ1) is 15.2. The zero-order valence-corrected chi connectivity index (χ0v) is 12.9. The molecule has 0 atom stereocenters. The van der Waals surface area contributed by atoms with Gasteiger partial charge in [0.2, 0.25) is 0 Å². The minimum absolute atomic E-state index is 0.715. The molecule has 21 heavy (non-hydrogen) atoms. The maximum Gasteiger partial charge on any atom is 0.191 e. The summed E-state index contributed by atoms with van der Waals surface area (Å²) >= 11 is 0. The zero-order valence-electron chi connectivity index (χ0n) is 12.9. The molecule has 4 nitrogen and oxygen atoms in total. The molecule has 0 saturated carbocycles. The van der Waals surface area contributed by atoms with E-state index >= 15 is 0 Å². The smallest absolute Gasteiger partial charge is 0.191 e. The molecule has 112 valence electrons. The van der Waals surface area contributed by atoms with Gasteiger partial charge in [-0.3, -0.25) is 4.99 Å². The molecular weight excluding hydrogens is 260 g/mol. The maximum absolute atomic E-state index is 4.17. The van der Waals surface area contributed by atoms with Crippen LogP contribution in [0.25, 0.3) is 10.9 Å². The van der Waals surface area contributed by atoms with Gasteiger partial charge in [0.05, 0.1) is 0 Å². The first-order chi connectivity index (χ1) is 10.3. The molecule has 0 unspecified atom stereocenters. The number of rotatable bonds is 6. The molecule has 0 aliphatic carbocycles. The van der Waals surface area contributed by atoms with Crippen LogP contribution >= 0.6 is 0 Å². The number of aryl methyl sites for hydroxylation is 1. The fraction of sp³-hybridized carbons (Fsp3) is 0.353. The third-order valence-corrected chi connectivity index (χ3v) is 3.59. The van der Waals surface area contributed by atoms with Crippen molar-refractivity contribution in [3.8, 4) is 0 Å². The Morgan fingerprint density at radius 1 is 1.33 bits per heavy atom. The van der Waals surface area contributed by atoms with Gasteiger partial charge < -0.3 is 15.6 Å². The van der Waals surface area contributed by atoms with Crippen LogP contribution in [0, 0.1) is 0 Å². The van der Waals surface area contributed by atoms with E-state index in [0.717, 1.165) is 25.3 Å². The number of nitrogens with one attached hydrogen (secondary N) is 3. The lowest BCUT2D eigenvalue weighted by atomic mass is 10.1. The molecule has 0 amide bonds. The van der Waals surface area contributed by atoms with Crippen LogP contribution in [0.2, 0.25) is 0 Å². The molecule has 1 aromatic heterocycles. The molecule has 4 heteroatoms. The lowest BCUT2D eigenvalue weighted by Gasteiger charge is -2.10. The Hall–Kier alpha value is -2.23. The van der Waals surface area contributed by atoms with Crippen molar-refractivity contribution in [1.29, 1.82) is 0 Å². The van der Waals surface area contributed by atoms with Crippen molar-refractivity contribution in [2.45, 2.75) is 19.8 Å². The molecule has 0 bridgehead atoms. The molecule has 2 aromatic rings. The molecule has 0 aliphatic heterocycles. The van der Waals surface area contributed by atoms with Gasteiger partial charge in [-0.1, -0.05) is 31.2 Å². The van der Waals surface area contributed by atoms with E-state index in [1.165, 1.54) is 22.0 Å². The number of hydrogen-bond donors (Lipinski definition) is 3. The molecule has 0 spiro atoms. The van der Waals surface area contributed by atoms with Gasteiger partial charge in [-0.2, -0.15) is 0 Å². The average Bonchev–Trinajstić information content (AvgIpc) is 2.94. The van der Waals surface area contributed by atoms with E-state index in [0.29, 0.717) is 6.54 Å². The van der Waals surface area contributed by atoms with E-state index < -0.39 is 0 Å². The van der Waals surface area contributed by atoms with Crippen molar-refractivity contribution >= 4 is 16.9 Å². The Balaban J connectivity index is 1.99. The Morgan fingerprint density at radius 2 is 2.19 bits per heavy atom. The minimum atomic E-state index is 0.715. The van der Waals surface area contributed by atoms with Crippen molar-refractivity contribution < 1.29 is 0 Å². The van der Waals surface area contributed by atoms with E-state index in [-0.39, 0.29) is 0 Å². The van der Waals surface area contributed by atoms with Gasteiger partial charge in [-0.25, -0.2) is 0 Å². The van der Waals surface area contributed by atoms with Gasteiger partial charge in [-0.15, -0.1) is 6.58 Å². The molecule has 0 aliphatic rings. The van der Waals surface area contributed by atoms with Crippen LogP contribution in [-0.4, -0.2) is 31.1 Å². The predicted octanol–water partition coefficient (Wildman–Crippen LogP) is 2.62. The number of aromatic amines is 1. The number of H-pyrrole nitrogens is 1. The molecule has 0 saturated heterocycles. The highest BCUT2D eigenvalue weighted by Gasteiger charge is 2.06. The van der Waals surface area contributed by atoms with Crippen LogP contribution in [0.3, 0.4) is 0 Å². The fourth-order valence-corrected chi connectivity index (χ4v) is 2.48. The van der Waals surface area contributed by atoms with Gasteiger partial charge in [0.1, 0.15) is 0 Å². The van der Waals surface area contributed by atoms with Crippen molar-refractivity contribution in [2.24, 2.45) is 4.99 Å². The number of fused-ring (bicyclic) bond motifs is 1. The number of aromatic nitrogens is 1. The Kier molecular flexibility index (Phi) is 5.43. The Morgan fingerprint density at radius 3 is 2.90 bits per heavy atom. The SMILES string of the molecule is C=CCNC(=NC)NCCc1c[nH]c2c(CC)cccc12. The lowest BCUT2D eigenvalue weighted by molar-refractivity contribution is 0.824. The van der Waals surface area contributed by atoms with E-state index in [1.54, 1.807) is 7.05 Å². The van der Waals surface area contributed by atoms with Gasteiger partial charge in [0, 0.05) is 37.2 Å². The molecule has 0 fully saturated rings. The topological polar surface area (TPSA) is 52.2 Å². The number of aliphatic imine (C=N–C) groups is 1. The second-order valence-electron chi connectivity index (χ2n) is 4.93. The summed E-state index contributed by atoms with van der Waals surface area (Å²) in [4.78, 5) is 7.58. The summed E-state index contributed by atoms with van der Waals surface area (Å²) in [5.74, 6) is 0.809. The first-order valence-corrected chi connectivity index (χ1v) is 7.43. The molecule has 1 aromatic carbocycles. The number of guanidine groups is 1. The number of nitrogens with zero attached hydrogens (tertiary/aromatic N) is 1. The highest BCUT2D eigenvalue weighted by atomic mass is 15.2. The summed E-state index contributed by atoms with van der Waals surface area (Å²) in [5, 5.41) is 7.80. The van der Waals surface area contributed by atoms with Crippen LogP contribution in [-0.2, 0) is 12.8 Å². The maximum atomic E-state index is 4.17. The minimum Gasteiger partial charge on any atom is -0.361 e. The quantitative estimate of drug-likeness (QED) is 0.434. The van der Waals surface area contributed by atoms with Gasteiger partial charge >= 0.3 is 0 Å².